The summed E-state index contributed by atoms with van der Waals surface area (Å²) < 4.78 is 26.4. The summed E-state index contributed by atoms with van der Waals surface area (Å²) in [6, 6.07) is 107. The first-order valence-corrected chi connectivity index (χ1v) is 35.9. The Labute approximate surface area is 604 Å². The summed E-state index contributed by atoms with van der Waals surface area (Å²) in [5, 5.41) is 4.54. The summed E-state index contributed by atoms with van der Waals surface area (Å²) in [6.45, 7) is 17.5. The predicted molar refractivity (Wildman–Crippen MR) is 426 cm³/mol. The van der Waals surface area contributed by atoms with Gasteiger partial charge in [0, 0.05) is 59.1 Å². The summed E-state index contributed by atoms with van der Waals surface area (Å²) in [5.41, 5.74) is 29.8. The number of furan rings is 2. The molecule has 0 bridgehead atoms. The third-order valence-corrected chi connectivity index (χ3v) is 22.0. The second kappa shape index (κ2) is 25.3. The van der Waals surface area contributed by atoms with Gasteiger partial charge in [-0.2, -0.15) is 0 Å². The Hall–Kier alpha value is -11.0. The Bertz CT molecular complexity index is 5790. The summed E-state index contributed by atoms with van der Waals surface area (Å²) in [5.74, 6) is 0. The maximum Gasteiger partial charge on any atom is 0.494 e. The van der Waals surface area contributed by atoms with Crippen LogP contribution in [0, 0.1) is 0 Å². The van der Waals surface area contributed by atoms with E-state index in [1.54, 1.807) is 0 Å². The lowest BCUT2D eigenvalue weighted by Gasteiger charge is -2.32. The lowest BCUT2D eigenvalue weighted by atomic mass is 9.78. The number of pyridine rings is 2. The molecule has 1 aliphatic heterocycles. The highest BCUT2D eigenvalue weighted by atomic mass is 79.9. The van der Waals surface area contributed by atoms with Gasteiger partial charge >= 0.3 is 7.12 Å². The number of fused-ring (bicyclic) bond motifs is 12. The highest BCUT2D eigenvalue weighted by Gasteiger charge is 2.52. The number of hydrogen-bond acceptors (Lipinski definition) is 6. The lowest BCUT2D eigenvalue weighted by molar-refractivity contribution is 0.00578. The van der Waals surface area contributed by atoms with Crippen LogP contribution >= 0.6 is 15.9 Å². The molecule has 0 radical (unpaired) electrons. The topological polar surface area (TPSA) is 70.5 Å². The van der Waals surface area contributed by atoms with E-state index in [-0.39, 0.29) is 29.2 Å². The van der Waals surface area contributed by atoms with Crippen molar-refractivity contribution in [2.45, 2.75) is 77.4 Å². The van der Waals surface area contributed by atoms with E-state index < -0.39 is 0 Å². The molecule has 3 aliphatic rings. The van der Waals surface area contributed by atoms with Crippen LogP contribution in [0.15, 0.2) is 317 Å². The van der Waals surface area contributed by atoms with Crippen molar-refractivity contribution in [1.29, 1.82) is 0 Å². The molecule has 19 rings (SSSR count). The average molecular weight is 1390 g/mol. The van der Waals surface area contributed by atoms with Crippen LogP contribution in [0.5, 0.6) is 0 Å². The molecule has 5 heterocycles. The van der Waals surface area contributed by atoms with Crippen LogP contribution in [0.1, 0.15) is 77.6 Å². The molecule has 0 spiro atoms. The van der Waals surface area contributed by atoms with Crippen LogP contribution in [0.25, 0.3) is 145 Å². The van der Waals surface area contributed by atoms with E-state index in [0.29, 0.717) is 0 Å². The minimum atomic E-state index is -0.381. The van der Waals surface area contributed by atoms with Gasteiger partial charge in [-0.1, -0.05) is 262 Å². The van der Waals surface area contributed by atoms with Gasteiger partial charge in [0.2, 0.25) is 0 Å². The average Bonchev–Trinajstić information content (AvgIpc) is 1.57. The summed E-state index contributed by atoms with van der Waals surface area (Å²) in [7, 11) is -0.381. The van der Waals surface area contributed by atoms with Gasteiger partial charge in [-0.3, -0.25) is 0 Å². The molecule has 0 unspecified atom stereocenters. The van der Waals surface area contributed by atoms with E-state index in [1.807, 2.05) is 48.5 Å². The van der Waals surface area contributed by atoms with E-state index in [9.17, 15) is 0 Å². The molecule has 4 aromatic heterocycles. The first-order chi connectivity index (χ1) is 49.4. The van der Waals surface area contributed by atoms with Gasteiger partial charge in [0.25, 0.3) is 0 Å². The molecule has 1 fully saturated rings. The molecule has 494 valence electrons. The molecule has 0 atom stereocenters. The molecule has 0 amide bonds. The summed E-state index contributed by atoms with van der Waals surface area (Å²) >= 11 is 3.56. The normalized spacial score (nSPS) is 14.7. The Morgan fingerprint density at radius 1 is 0.265 bits per heavy atom. The zero-order chi connectivity index (χ0) is 69.7. The Morgan fingerprint density at radius 3 is 1.12 bits per heavy atom. The van der Waals surface area contributed by atoms with Crippen molar-refractivity contribution >= 4 is 72.4 Å². The van der Waals surface area contributed by atoms with Gasteiger partial charge in [0.15, 0.2) is 0 Å². The van der Waals surface area contributed by atoms with Gasteiger partial charge in [0.1, 0.15) is 22.3 Å². The molecule has 0 N–H and O–H groups in total. The quantitative estimate of drug-likeness (QED) is 0.141. The van der Waals surface area contributed by atoms with E-state index in [2.05, 4.69) is 326 Å². The minimum absolute atomic E-state index is 0.0348. The second-order valence-electron chi connectivity index (χ2n) is 29.2. The van der Waals surface area contributed by atoms with E-state index in [0.717, 1.165) is 116 Å². The molecule has 0 saturated carbocycles. The van der Waals surface area contributed by atoms with Crippen LogP contribution in [0.2, 0.25) is 0 Å². The van der Waals surface area contributed by atoms with Crippen molar-refractivity contribution in [3.8, 4) is 101 Å². The number of rotatable bonds is 8. The lowest BCUT2D eigenvalue weighted by Crippen LogP contribution is -2.41. The van der Waals surface area contributed by atoms with E-state index in [4.69, 9.17) is 28.1 Å². The highest BCUT2D eigenvalue weighted by Crippen LogP contribution is 2.53. The van der Waals surface area contributed by atoms with Gasteiger partial charge in [-0.05, 0) is 196 Å². The summed E-state index contributed by atoms with van der Waals surface area (Å²) in [4.78, 5) is 10.1. The predicted octanol–water partition coefficient (Wildman–Crippen LogP) is 25.0. The maximum absolute atomic E-state index is 6.45. The number of nitrogens with zero attached hydrogens (tertiary/aromatic N) is 2. The second-order valence-corrected chi connectivity index (χ2v) is 30.1. The number of benzene rings is 12. The molecule has 2 aliphatic carbocycles. The van der Waals surface area contributed by atoms with Crippen LogP contribution < -0.4 is 5.46 Å². The molecular weight excluding hydrogens is 1310 g/mol. The van der Waals surface area contributed by atoms with Gasteiger partial charge in [-0.15, -0.1) is 0 Å². The first-order valence-electron chi connectivity index (χ1n) is 35.1. The van der Waals surface area contributed by atoms with E-state index in [1.165, 1.54) is 61.2 Å². The third kappa shape index (κ3) is 11.6. The van der Waals surface area contributed by atoms with Crippen LogP contribution in [0.4, 0.5) is 0 Å². The number of aromatic nitrogens is 2. The monoisotopic (exact) mass is 1380 g/mol. The molecular formula is C94H74BBrN2O4. The van der Waals surface area contributed by atoms with Crippen molar-refractivity contribution in [1.82, 2.24) is 9.97 Å². The SMILES string of the molecule is Brc1cccc(-c2cc(-c3ccccc3)cc(-c3ccccc3)n2)c1.CC1(C)c2ccccc2-c2cc3c(cc21)oc1ccc(-c2cccc(-c4cc(-c5ccccc5)cc(-c5ccccc5)n4)c2)cc13.CC1(C)c2ccccc2-c2cc3c(cc21)oc1ccc(B2OC(C)(C)C(C)(C)O2)cc13. The number of halogens is 1. The van der Waals surface area contributed by atoms with Crippen molar-refractivity contribution in [2.75, 3.05) is 0 Å². The van der Waals surface area contributed by atoms with Crippen LogP contribution in [-0.2, 0) is 20.1 Å². The summed E-state index contributed by atoms with van der Waals surface area (Å²) in [6.07, 6.45) is 0. The van der Waals surface area contributed by atoms with Crippen molar-refractivity contribution < 1.29 is 18.1 Å². The molecule has 6 nitrogen and oxygen atoms in total. The molecule has 12 aromatic carbocycles. The first kappa shape index (κ1) is 64.4. The Balaban J connectivity index is 0.000000120. The fraction of sp³-hybridized carbons (Fsp3) is 0.128. The third-order valence-electron chi connectivity index (χ3n) is 21.5. The van der Waals surface area contributed by atoms with Gasteiger partial charge in [-0.25, -0.2) is 9.97 Å². The van der Waals surface area contributed by atoms with Crippen molar-refractivity contribution in [3.05, 3.63) is 330 Å². The van der Waals surface area contributed by atoms with Crippen molar-refractivity contribution in [3.63, 3.8) is 0 Å². The molecule has 16 aromatic rings. The minimum Gasteiger partial charge on any atom is -0.456 e. The van der Waals surface area contributed by atoms with Crippen molar-refractivity contribution in [2.24, 2.45) is 0 Å². The highest BCUT2D eigenvalue weighted by molar-refractivity contribution is 9.10. The number of hydrogen-bond donors (Lipinski definition) is 0. The Kier molecular flexibility index (Phi) is 15.9. The zero-order valence-corrected chi connectivity index (χ0v) is 59.9. The smallest absolute Gasteiger partial charge is 0.456 e. The molecule has 1 saturated heterocycles. The fourth-order valence-corrected chi connectivity index (χ4v) is 15.6. The van der Waals surface area contributed by atoms with Crippen LogP contribution in [0.3, 0.4) is 0 Å². The largest absolute Gasteiger partial charge is 0.494 e. The van der Waals surface area contributed by atoms with Gasteiger partial charge < -0.3 is 18.1 Å². The maximum atomic E-state index is 6.45. The zero-order valence-electron chi connectivity index (χ0n) is 58.4. The van der Waals surface area contributed by atoms with Gasteiger partial charge in [0.05, 0.1) is 34.0 Å². The Morgan fingerprint density at radius 2 is 0.637 bits per heavy atom. The van der Waals surface area contributed by atoms with Crippen LogP contribution in [-0.4, -0.2) is 28.3 Å². The standard InChI is InChI=1S/C44H31NO.C27H27BO3.C23H16BrN/c1-44(2)38-19-10-9-18-34(38)35-26-37-36-23-31(20-21-42(36)46-43(37)27-39(35)44)30-16-11-17-32(22-30)41-25-33(28-12-5-3-6-13-28)24-40(45-41)29-14-7-4-8-15-29;1-25(2)21-10-8-7-9-17(21)18-14-20-19-13-16(28-30-26(3,4)27(5,6)31-28)11-12-23(19)29-24(20)15-22(18)25;24-21-13-7-12-19(14-21)23-16-20(17-8-3-1-4-9-17)15-22(25-23)18-10-5-2-6-11-18/h3-27H,1-2H3;7-15H,1-6H3;1-16H. The molecule has 8 heteroatoms. The fourth-order valence-electron chi connectivity index (χ4n) is 15.2. The van der Waals surface area contributed by atoms with E-state index >= 15 is 0 Å². The molecule has 102 heavy (non-hydrogen) atoms.